The van der Waals surface area contributed by atoms with E-state index in [1.165, 1.54) is 13.1 Å². The van der Waals surface area contributed by atoms with Crippen LogP contribution in [-0.4, -0.2) is 43.0 Å². The average molecular weight is 410 g/mol. The molecular formula is C22H26N4O4. The predicted octanol–water partition coefficient (Wildman–Crippen LogP) is 2.94. The zero-order chi connectivity index (χ0) is 22.0. The fraction of sp³-hybridized carbons (Fsp3) is 0.318. The molecule has 8 heteroatoms. The Morgan fingerprint density at radius 3 is 2.30 bits per heavy atom. The largest absolute Gasteiger partial charge is 0.508 e. The number of hydrogen-bond acceptors (Lipinski definition) is 6. The first kappa shape index (κ1) is 21.3. The molecule has 158 valence electrons. The van der Waals surface area contributed by atoms with E-state index in [9.17, 15) is 20.1 Å². The van der Waals surface area contributed by atoms with Gasteiger partial charge in [-0.1, -0.05) is 38.1 Å². The minimum absolute atomic E-state index is 0.00227. The summed E-state index contributed by atoms with van der Waals surface area (Å²) in [6.45, 7) is 5.83. The zero-order valence-corrected chi connectivity index (χ0v) is 17.4. The number of carbonyl (C=O) groups excluding carboxylic acids is 1. The Bertz CT molecular complexity index is 1060. The first-order chi connectivity index (χ1) is 14.2. The second-order valence-corrected chi connectivity index (χ2v) is 7.51. The van der Waals surface area contributed by atoms with Gasteiger partial charge in [-0.05, 0) is 35.6 Å². The molecule has 4 N–H and O–H groups in total. The van der Waals surface area contributed by atoms with Crippen LogP contribution in [0.15, 0.2) is 36.4 Å². The number of aromatic hydroxyl groups is 2. The van der Waals surface area contributed by atoms with Gasteiger partial charge in [-0.2, -0.15) is 0 Å². The summed E-state index contributed by atoms with van der Waals surface area (Å²) < 4.78 is 1.62. The van der Waals surface area contributed by atoms with E-state index >= 15 is 0 Å². The van der Waals surface area contributed by atoms with Crippen molar-refractivity contribution in [2.75, 3.05) is 7.05 Å². The number of phenols is 2. The lowest BCUT2D eigenvalue weighted by Crippen LogP contribution is -2.23. The summed E-state index contributed by atoms with van der Waals surface area (Å²) in [5, 5.41) is 41.1. The van der Waals surface area contributed by atoms with Crippen molar-refractivity contribution in [2.45, 2.75) is 39.3 Å². The van der Waals surface area contributed by atoms with Gasteiger partial charge in [0.1, 0.15) is 11.5 Å². The molecule has 3 aromatic rings. The lowest BCUT2D eigenvalue weighted by atomic mass is 9.98. The van der Waals surface area contributed by atoms with Gasteiger partial charge in [-0.25, -0.2) is 0 Å². The number of nitrogens with one attached hydrogen (secondary N) is 1. The Kier molecular flexibility index (Phi) is 6.07. The van der Waals surface area contributed by atoms with Crippen molar-refractivity contribution >= 4 is 5.91 Å². The molecule has 0 saturated heterocycles. The maximum atomic E-state index is 12.4. The topological polar surface area (TPSA) is 121 Å². The molecule has 0 saturated carbocycles. The van der Waals surface area contributed by atoms with Crippen LogP contribution < -0.4 is 5.32 Å². The highest BCUT2D eigenvalue weighted by Gasteiger charge is 2.23. The molecule has 3 rings (SSSR count). The molecule has 8 nitrogen and oxygen atoms in total. The first-order valence-corrected chi connectivity index (χ1v) is 9.71. The van der Waals surface area contributed by atoms with Crippen LogP contribution in [0.1, 0.15) is 60.1 Å². The lowest BCUT2D eigenvalue weighted by molar-refractivity contribution is 0.0948. The molecule has 0 radical (unpaired) electrons. The third-order valence-corrected chi connectivity index (χ3v) is 4.99. The van der Waals surface area contributed by atoms with E-state index in [-0.39, 0.29) is 29.8 Å². The number of benzene rings is 2. The lowest BCUT2D eigenvalue weighted by Gasteiger charge is -2.15. The summed E-state index contributed by atoms with van der Waals surface area (Å²) >= 11 is 0. The van der Waals surface area contributed by atoms with E-state index < -0.39 is 12.0 Å². The Morgan fingerprint density at radius 1 is 1.07 bits per heavy atom. The highest BCUT2D eigenvalue weighted by atomic mass is 16.3. The van der Waals surface area contributed by atoms with E-state index in [0.717, 1.165) is 11.1 Å². The van der Waals surface area contributed by atoms with Gasteiger partial charge in [0.15, 0.2) is 5.82 Å². The van der Waals surface area contributed by atoms with Crippen molar-refractivity contribution in [2.24, 2.45) is 0 Å². The Hall–Kier alpha value is -3.39. The number of nitrogens with zero attached hydrogens (tertiary/aromatic N) is 3. The van der Waals surface area contributed by atoms with Crippen LogP contribution in [-0.2, 0) is 6.54 Å². The van der Waals surface area contributed by atoms with Crippen LogP contribution in [0.5, 0.6) is 11.5 Å². The highest BCUT2D eigenvalue weighted by molar-refractivity contribution is 5.91. The van der Waals surface area contributed by atoms with Crippen LogP contribution in [0.4, 0.5) is 0 Å². The molecular weight excluding hydrogens is 384 g/mol. The second kappa shape index (κ2) is 8.54. The van der Waals surface area contributed by atoms with Crippen molar-refractivity contribution in [1.82, 2.24) is 20.1 Å². The molecule has 1 aromatic heterocycles. The molecule has 0 aliphatic rings. The fourth-order valence-electron chi connectivity index (χ4n) is 3.25. The molecule has 30 heavy (non-hydrogen) atoms. The number of aromatic nitrogens is 3. The number of phenolic OH excluding ortho intramolecular Hbond substituents is 2. The second-order valence-electron chi connectivity index (χ2n) is 7.51. The number of amides is 1. The zero-order valence-electron chi connectivity index (χ0n) is 17.4. The molecule has 1 amide bonds. The standard InChI is InChI=1S/C22H26N4O4/c1-12(2)16-9-17(19(29)10-18(16)28)20-24-25-21(22(30)23-4)26(20)11-14-5-7-15(8-6-14)13(3)27/h5-10,12-13,27-29H,11H2,1-4H3,(H,23,30). The van der Waals surface area contributed by atoms with E-state index in [0.29, 0.717) is 17.0 Å². The molecule has 0 aliphatic carbocycles. The van der Waals surface area contributed by atoms with Crippen molar-refractivity contribution in [3.05, 3.63) is 58.9 Å². The summed E-state index contributed by atoms with van der Waals surface area (Å²) in [4.78, 5) is 12.4. The molecule has 0 spiro atoms. The van der Waals surface area contributed by atoms with Crippen LogP contribution in [0.2, 0.25) is 0 Å². The van der Waals surface area contributed by atoms with Crippen molar-refractivity contribution in [3.63, 3.8) is 0 Å². The van der Waals surface area contributed by atoms with E-state index in [1.54, 1.807) is 17.6 Å². The minimum atomic E-state index is -0.575. The molecule has 1 atom stereocenters. The fourth-order valence-corrected chi connectivity index (χ4v) is 3.25. The van der Waals surface area contributed by atoms with Gasteiger partial charge in [0.25, 0.3) is 5.91 Å². The molecule has 0 aliphatic heterocycles. The summed E-state index contributed by atoms with van der Waals surface area (Å²) in [5.41, 5.74) is 2.68. The van der Waals surface area contributed by atoms with Crippen LogP contribution in [0.25, 0.3) is 11.4 Å². The molecule has 0 fully saturated rings. The number of rotatable bonds is 6. The van der Waals surface area contributed by atoms with Crippen LogP contribution in [0.3, 0.4) is 0 Å². The Balaban J connectivity index is 2.12. The number of hydrogen-bond donors (Lipinski definition) is 4. The summed E-state index contributed by atoms with van der Waals surface area (Å²) in [5.74, 6) is -0.127. The van der Waals surface area contributed by atoms with Crippen molar-refractivity contribution in [1.29, 1.82) is 0 Å². The molecule has 2 aromatic carbocycles. The molecule has 1 unspecified atom stereocenters. The van der Waals surface area contributed by atoms with E-state index in [1.807, 2.05) is 38.1 Å². The number of aliphatic hydroxyl groups is 1. The van der Waals surface area contributed by atoms with E-state index in [4.69, 9.17) is 0 Å². The summed E-state index contributed by atoms with van der Waals surface area (Å²) in [6, 6.07) is 10.3. The third-order valence-electron chi connectivity index (χ3n) is 4.99. The van der Waals surface area contributed by atoms with Gasteiger partial charge in [0.2, 0.25) is 5.82 Å². The normalized spacial score (nSPS) is 12.2. The van der Waals surface area contributed by atoms with Gasteiger partial charge >= 0.3 is 0 Å². The smallest absolute Gasteiger partial charge is 0.289 e. The van der Waals surface area contributed by atoms with Gasteiger partial charge in [0.05, 0.1) is 18.2 Å². The molecule has 1 heterocycles. The van der Waals surface area contributed by atoms with Crippen molar-refractivity contribution in [3.8, 4) is 22.9 Å². The molecule has 0 bridgehead atoms. The SMILES string of the molecule is CNC(=O)c1nnc(-c2cc(C(C)C)c(O)cc2O)n1Cc1ccc(C(C)O)cc1. The maximum Gasteiger partial charge on any atom is 0.289 e. The number of carbonyl (C=O) groups is 1. The Labute approximate surface area is 174 Å². The van der Waals surface area contributed by atoms with Crippen molar-refractivity contribution < 1.29 is 20.1 Å². The Morgan fingerprint density at radius 2 is 1.73 bits per heavy atom. The number of aliphatic hydroxyl groups excluding tert-OH is 1. The average Bonchev–Trinajstić information content (AvgIpc) is 3.10. The van der Waals surface area contributed by atoms with Gasteiger partial charge in [0, 0.05) is 13.1 Å². The van der Waals surface area contributed by atoms with Gasteiger partial charge in [-0.15, -0.1) is 10.2 Å². The van der Waals surface area contributed by atoms with Crippen LogP contribution >= 0.6 is 0 Å². The summed E-state index contributed by atoms with van der Waals surface area (Å²) in [7, 11) is 1.51. The van der Waals surface area contributed by atoms with E-state index in [2.05, 4.69) is 15.5 Å². The van der Waals surface area contributed by atoms with Crippen LogP contribution in [0, 0.1) is 0 Å². The monoisotopic (exact) mass is 410 g/mol. The predicted molar refractivity (Wildman–Crippen MR) is 112 cm³/mol. The minimum Gasteiger partial charge on any atom is -0.508 e. The highest BCUT2D eigenvalue weighted by Crippen LogP contribution is 2.37. The third kappa shape index (κ3) is 4.13. The first-order valence-electron chi connectivity index (χ1n) is 9.71. The maximum absolute atomic E-state index is 12.4. The van der Waals surface area contributed by atoms with Gasteiger partial charge in [-0.3, -0.25) is 9.36 Å². The quantitative estimate of drug-likeness (QED) is 0.496. The summed E-state index contributed by atoms with van der Waals surface area (Å²) in [6.07, 6.45) is -0.575. The van der Waals surface area contributed by atoms with Gasteiger partial charge < -0.3 is 20.6 Å².